The molecule has 0 spiro atoms. The molecule has 0 aromatic heterocycles. The van der Waals surface area contributed by atoms with E-state index in [0.717, 1.165) is 12.1 Å². The van der Waals surface area contributed by atoms with Crippen LogP contribution in [0, 0.1) is 10.1 Å². The van der Waals surface area contributed by atoms with Gasteiger partial charge >= 0.3 is 0 Å². The number of sulfonamides is 1. The Kier molecular flexibility index (Phi) is 6.19. The zero-order chi connectivity index (χ0) is 21.7. The number of para-hydroxylation sites is 2. The number of aromatic hydroxyl groups is 1. The van der Waals surface area contributed by atoms with Gasteiger partial charge in [0, 0.05) is 17.7 Å². The summed E-state index contributed by atoms with van der Waals surface area (Å²) in [5, 5.41) is 25.0. The van der Waals surface area contributed by atoms with Gasteiger partial charge in [-0.15, -0.1) is 0 Å². The first-order valence-corrected chi connectivity index (χ1v) is 10.3. The van der Waals surface area contributed by atoms with Gasteiger partial charge in [0.15, 0.2) is 0 Å². The van der Waals surface area contributed by atoms with Crippen LogP contribution in [0.4, 0.5) is 17.1 Å². The zero-order valence-electron chi connectivity index (χ0n) is 15.2. The Morgan fingerprint density at radius 2 is 1.73 bits per heavy atom. The highest BCUT2D eigenvalue weighted by Crippen LogP contribution is 2.30. The van der Waals surface area contributed by atoms with Crippen LogP contribution >= 0.6 is 11.6 Å². The summed E-state index contributed by atoms with van der Waals surface area (Å²) in [6.45, 7) is 0. The SMILES string of the molecule is O=[N+]([O-])c1ccc(N/N=C/c2ccccc2O)c(S(=O)(=O)Nc2ccccc2Cl)c1. The van der Waals surface area contributed by atoms with E-state index in [-0.39, 0.29) is 22.1 Å². The van der Waals surface area contributed by atoms with Gasteiger partial charge < -0.3 is 5.11 Å². The van der Waals surface area contributed by atoms with Crippen molar-refractivity contribution < 1.29 is 18.4 Å². The summed E-state index contributed by atoms with van der Waals surface area (Å²) in [7, 11) is -4.25. The molecule has 0 fully saturated rings. The third-order valence-corrected chi connectivity index (χ3v) is 5.64. The number of nitro benzene ring substituents is 1. The second-order valence-corrected chi connectivity index (χ2v) is 8.01. The fourth-order valence-corrected chi connectivity index (χ4v) is 3.95. The molecular weight excluding hydrogens is 432 g/mol. The summed E-state index contributed by atoms with van der Waals surface area (Å²) in [6.07, 6.45) is 1.29. The van der Waals surface area contributed by atoms with Crippen molar-refractivity contribution in [3.8, 4) is 5.75 Å². The highest BCUT2D eigenvalue weighted by molar-refractivity contribution is 7.93. The smallest absolute Gasteiger partial charge is 0.270 e. The number of rotatable bonds is 7. The van der Waals surface area contributed by atoms with Crippen molar-refractivity contribution in [1.82, 2.24) is 0 Å². The van der Waals surface area contributed by atoms with E-state index >= 15 is 0 Å². The van der Waals surface area contributed by atoms with Gasteiger partial charge in [0.25, 0.3) is 15.7 Å². The molecule has 3 aromatic rings. The van der Waals surface area contributed by atoms with Gasteiger partial charge in [-0.05, 0) is 30.3 Å². The number of nitrogens with zero attached hydrogens (tertiary/aromatic N) is 2. The Hall–Kier alpha value is -3.63. The molecule has 0 aliphatic heterocycles. The molecule has 0 amide bonds. The topological polar surface area (TPSA) is 134 Å². The lowest BCUT2D eigenvalue weighted by molar-refractivity contribution is -0.385. The first-order valence-electron chi connectivity index (χ1n) is 8.41. The standard InChI is InChI=1S/C19H15ClN4O5S/c20-15-6-2-3-7-16(15)23-30(28,29)19-11-14(24(26)27)9-10-17(19)22-21-12-13-5-1-4-8-18(13)25/h1-12,22-23,25H/b21-12+. The Morgan fingerprint density at radius 3 is 2.43 bits per heavy atom. The van der Waals surface area contributed by atoms with E-state index in [1.807, 2.05) is 0 Å². The normalized spacial score (nSPS) is 11.4. The number of hydrogen-bond acceptors (Lipinski definition) is 7. The predicted molar refractivity (Wildman–Crippen MR) is 115 cm³/mol. The number of anilines is 2. The predicted octanol–water partition coefficient (Wildman–Crippen LogP) is 4.20. The van der Waals surface area contributed by atoms with E-state index in [4.69, 9.17) is 11.6 Å². The van der Waals surface area contributed by atoms with Crippen LogP contribution in [0.1, 0.15) is 5.56 Å². The number of nitrogens with one attached hydrogen (secondary N) is 2. The lowest BCUT2D eigenvalue weighted by Gasteiger charge is -2.13. The van der Waals surface area contributed by atoms with Crippen LogP contribution in [0.2, 0.25) is 5.02 Å². The van der Waals surface area contributed by atoms with Crippen LogP contribution in [0.25, 0.3) is 0 Å². The Morgan fingerprint density at radius 1 is 1.03 bits per heavy atom. The maximum Gasteiger partial charge on any atom is 0.270 e. The molecule has 3 rings (SSSR count). The number of non-ortho nitro benzene ring substituents is 1. The minimum atomic E-state index is -4.25. The van der Waals surface area contributed by atoms with Crippen LogP contribution in [-0.2, 0) is 10.0 Å². The molecule has 30 heavy (non-hydrogen) atoms. The van der Waals surface area contributed by atoms with Gasteiger partial charge in [-0.3, -0.25) is 20.3 Å². The summed E-state index contributed by atoms with van der Waals surface area (Å²) < 4.78 is 28.1. The summed E-state index contributed by atoms with van der Waals surface area (Å²) in [5.74, 6) is -0.0139. The van der Waals surface area contributed by atoms with E-state index in [1.165, 1.54) is 30.5 Å². The minimum absolute atomic E-state index is 0.00757. The lowest BCUT2D eigenvalue weighted by Crippen LogP contribution is -2.15. The largest absolute Gasteiger partial charge is 0.507 e. The van der Waals surface area contributed by atoms with E-state index < -0.39 is 25.5 Å². The minimum Gasteiger partial charge on any atom is -0.507 e. The Balaban J connectivity index is 1.97. The van der Waals surface area contributed by atoms with Crippen LogP contribution < -0.4 is 10.1 Å². The molecule has 11 heteroatoms. The number of hydrogen-bond donors (Lipinski definition) is 3. The van der Waals surface area contributed by atoms with Gasteiger partial charge in [-0.25, -0.2) is 8.42 Å². The van der Waals surface area contributed by atoms with Gasteiger partial charge in [-0.2, -0.15) is 5.10 Å². The molecule has 0 saturated carbocycles. The van der Waals surface area contributed by atoms with Crippen molar-refractivity contribution in [3.63, 3.8) is 0 Å². The third kappa shape index (κ3) is 4.85. The van der Waals surface area contributed by atoms with Gasteiger partial charge in [0.1, 0.15) is 10.6 Å². The van der Waals surface area contributed by atoms with E-state index in [2.05, 4.69) is 15.2 Å². The summed E-state index contributed by atoms with van der Waals surface area (Å²) in [4.78, 5) is 10.0. The molecule has 0 aliphatic carbocycles. The van der Waals surface area contributed by atoms with Crippen molar-refractivity contribution in [2.45, 2.75) is 4.90 Å². The van der Waals surface area contributed by atoms with Gasteiger partial charge in [0.05, 0.1) is 27.5 Å². The molecule has 3 N–H and O–H groups in total. The second kappa shape index (κ2) is 8.80. The van der Waals surface area contributed by atoms with Crippen molar-refractivity contribution in [3.05, 3.63) is 87.4 Å². The van der Waals surface area contributed by atoms with Crippen LogP contribution in [0.15, 0.2) is 76.7 Å². The molecule has 0 heterocycles. The highest BCUT2D eigenvalue weighted by Gasteiger charge is 2.23. The maximum absolute atomic E-state index is 12.9. The lowest BCUT2D eigenvalue weighted by atomic mass is 10.2. The van der Waals surface area contributed by atoms with E-state index in [0.29, 0.717) is 5.56 Å². The number of phenolic OH excluding ortho intramolecular Hbond substituents is 1. The number of hydrazone groups is 1. The molecule has 3 aromatic carbocycles. The molecule has 154 valence electrons. The first kappa shape index (κ1) is 21.1. The number of phenols is 1. The molecule has 0 unspecified atom stereocenters. The average molecular weight is 447 g/mol. The fourth-order valence-electron chi connectivity index (χ4n) is 2.45. The zero-order valence-corrected chi connectivity index (χ0v) is 16.8. The molecule has 0 radical (unpaired) electrons. The molecule has 0 atom stereocenters. The van der Waals surface area contributed by atoms with Gasteiger partial charge in [0.2, 0.25) is 0 Å². The van der Waals surface area contributed by atoms with Crippen molar-refractivity contribution in [2.75, 3.05) is 10.1 Å². The molecule has 0 bridgehead atoms. The van der Waals surface area contributed by atoms with E-state index in [1.54, 1.807) is 30.3 Å². The van der Waals surface area contributed by atoms with Gasteiger partial charge in [-0.1, -0.05) is 35.9 Å². The van der Waals surface area contributed by atoms with Crippen LogP contribution in [0.3, 0.4) is 0 Å². The molecule has 9 nitrogen and oxygen atoms in total. The van der Waals surface area contributed by atoms with Crippen LogP contribution in [-0.4, -0.2) is 24.7 Å². The summed E-state index contributed by atoms with van der Waals surface area (Å²) in [6, 6.07) is 15.9. The number of nitro groups is 1. The third-order valence-electron chi connectivity index (χ3n) is 3.91. The van der Waals surface area contributed by atoms with Crippen molar-refractivity contribution in [1.29, 1.82) is 0 Å². The second-order valence-electron chi connectivity index (χ2n) is 5.95. The summed E-state index contributed by atoms with van der Waals surface area (Å²) >= 11 is 6.01. The van der Waals surface area contributed by atoms with E-state index in [9.17, 15) is 23.6 Å². The van der Waals surface area contributed by atoms with Crippen molar-refractivity contribution >= 4 is 44.9 Å². The molecule has 0 aliphatic rings. The highest BCUT2D eigenvalue weighted by atomic mass is 35.5. The first-order chi connectivity index (χ1) is 14.3. The summed E-state index contributed by atoms with van der Waals surface area (Å²) in [5.41, 5.74) is 2.64. The maximum atomic E-state index is 12.9. The molecule has 0 saturated heterocycles. The number of halogens is 1. The van der Waals surface area contributed by atoms with Crippen molar-refractivity contribution in [2.24, 2.45) is 5.10 Å². The Labute approximate surface area is 176 Å². The number of benzene rings is 3. The quantitative estimate of drug-likeness (QED) is 0.283. The monoisotopic (exact) mass is 446 g/mol. The fraction of sp³-hybridized carbons (Fsp3) is 0. The Bertz CT molecular complexity index is 1230. The average Bonchev–Trinajstić information content (AvgIpc) is 2.71. The molecular formula is C19H15ClN4O5S. The van der Waals surface area contributed by atoms with Crippen LogP contribution in [0.5, 0.6) is 5.75 Å².